The van der Waals surface area contributed by atoms with Crippen LogP contribution in [0, 0.1) is 0 Å². The zero-order valence-corrected chi connectivity index (χ0v) is 11.6. The molecule has 1 unspecified atom stereocenters. The van der Waals surface area contributed by atoms with Gasteiger partial charge >= 0.3 is 5.18 Å². The van der Waals surface area contributed by atoms with E-state index in [1.807, 2.05) is 6.07 Å². The number of hydrogen-bond acceptors (Lipinski definition) is 3. The molecule has 0 amide bonds. The largest absolute Gasteiger partial charge is 0.433 e. The fourth-order valence-electron chi connectivity index (χ4n) is 1.69. The van der Waals surface area contributed by atoms with Crippen molar-refractivity contribution < 1.29 is 4.74 Å². The van der Waals surface area contributed by atoms with Crippen molar-refractivity contribution in [1.82, 2.24) is 14.4 Å². The van der Waals surface area contributed by atoms with Crippen LogP contribution in [0.2, 0.25) is 0 Å². The summed E-state index contributed by atoms with van der Waals surface area (Å²) in [5.41, 5.74) is 2.03. The van der Waals surface area contributed by atoms with Gasteiger partial charge in [-0.15, -0.1) is 0 Å². The van der Waals surface area contributed by atoms with Crippen molar-refractivity contribution >= 4 is 57.6 Å². The Morgan fingerprint density at radius 2 is 2.17 bits per heavy atom. The van der Waals surface area contributed by atoms with Gasteiger partial charge in [-0.3, -0.25) is 4.98 Å². The van der Waals surface area contributed by atoms with Gasteiger partial charge in [-0.05, 0) is 41.4 Å². The number of alkyl halides is 1. The summed E-state index contributed by atoms with van der Waals surface area (Å²) in [5.74, 6) is 0. The van der Waals surface area contributed by atoms with E-state index in [1.54, 1.807) is 18.3 Å². The third-order valence-electron chi connectivity index (χ3n) is 2.53. The fraction of sp³-hybridized carbons (Fsp3) is 0.100. The SMILES string of the molecule is ClC1=C(Cl)N(Cl)C(Cl)(c2cc3ncccc3[nH]2)O1. The molecule has 1 atom stereocenters. The van der Waals surface area contributed by atoms with Crippen molar-refractivity contribution in [3.05, 3.63) is 40.5 Å². The summed E-state index contributed by atoms with van der Waals surface area (Å²) in [7, 11) is 0. The van der Waals surface area contributed by atoms with Gasteiger partial charge in [-0.2, -0.15) is 0 Å². The predicted octanol–water partition coefficient (Wildman–Crippen LogP) is 4.00. The van der Waals surface area contributed by atoms with Gasteiger partial charge in [0.1, 0.15) is 5.69 Å². The molecular formula is C10H5Cl4N3O. The Morgan fingerprint density at radius 3 is 2.78 bits per heavy atom. The van der Waals surface area contributed by atoms with Crippen LogP contribution in [0.5, 0.6) is 0 Å². The molecule has 8 heteroatoms. The predicted molar refractivity (Wildman–Crippen MR) is 71.1 cm³/mol. The zero-order chi connectivity index (χ0) is 12.9. The van der Waals surface area contributed by atoms with Crippen LogP contribution in [0.4, 0.5) is 0 Å². The lowest BCUT2D eigenvalue weighted by molar-refractivity contribution is 0.0459. The number of hydrogen-bond donors (Lipinski definition) is 1. The first-order valence-electron chi connectivity index (χ1n) is 4.86. The molecule has 18 heavy (non-hydrogen) atoms. The van der Waals surface area contributed by atoms with Gasteiger partial charge in [0.05, 0.1) is 11.0 Å². The Morgan fingerprint density at radius 1 is 1.39 bits per heavy atom. The summed E-state index contributed by atoms with van der Waals surface area (Å²) in [6.07, 6.45) is 1.67. The van der Waals surface area contributed by atoms with E-state index in [-0.39, 0.29) is 10.4 Å². The molecule has 4 nitrogen and oxygen atoms in total. The number of H-pyrrole nitrogens is 1. The molecule has 0 radical (unpaired) electrons. The molecule has 0 spiro atoms. The van der Waals surface area contributed by atoms with Crippen molar-refractivity contribution in [2.75, 3.05) is 0 Å². The Bertz CT molecular complexity index is 622. The number of nitrogens with one attached hydrogen (secondary N) is 1. The first kappa shape index (κ1) is 12.2. The molecule has 1 aliphatic heterocycles. The molecule has 0 saturated heterocycles. The van der Waals surface area contributed by atoms with Crippen LogP contribution >= 0.6 is 46.6 Å². The normalized spacial score (nSPS) is 23.9. The van der Waals surface area contributed by atoms with E-state index in [0.29, 0.717) is 5.69 Å². The van der Waals surface area contributed by atoms with E-state index < -0.39 is 5.18 Å². The quantitative estimate of drug-likeness (QED) is 0.489. The number of nitrogens with zero attached hydrogens (tertiary/aromatic N) is 2. The fourth-order valence-corrected chi connectivity index (χ4v) is 2.63. The van der Waals surface area contributed by atoms with Crippen LogP contribution in [0.1, 0.15) is 5.69 Å². The second-order valence-electron chi connectivity index (χ2n) is 3.63. The van der Waals surface area contributed by atoms with E-state index >= 15 is 0 Å². The van der Waals surface area contributed by atoms with Crippen molar-refractivity contribution in [2.24, 2.45) is 0 Å². The van der Waals surface area contributed by atoms with Crippen LogP contribution < -0.4 is 0 Å². The van der Waals surface area contributed by atoms with Crippen molar-refractivity contribution in [3.63, 3.8) is 0 Å². The molecule has 1 aliphatic rings. The molecule has 0 aromatic carbocycles. The number of rotatable bonds is 1. The van der Waals surface area contributed by atoms with Crippen LogP contribution in [-0.2, 0) is 9.92 Å². The highest BCUT2D eigenvalue weighted by Gasteiger charge is 2.48. The first-order chi connectivity index (χ1) is 8.52. The average molecular weight is 325 g/mol. The van der Waals surface area contributed by atoms with Gasteiger partial charge < -0.3 is 9.72 Å². The van der Waals surface area contributed by atoms with Gasteiger partial charge in [0, 0.05) is 18.0 Å². The highest BCUT2D eigenvalue weighted by molar-refractivity contribution is 6.42. The summed E-state index contributed by atoms with van der Waals surface area (Å²) in [4.78, 5) is 7.24. The minimum absolute atomic E-state index is 0.0277. The zero-order valence-electron chi connectivity index (χ0n) is 8.62. The Kier molecular flexibility index (Phi) is 2.79. The number of fused-ring (bicyclic) bond motifs is 1. The smallest absolute Gasteiger partial charge is 0.318 e. The number of aromatic nitrogens is 2. The number of halogens is 4. The van der Waals surface area contributed by atoms with Gasteiger partial charge in [-0.25, -0.2) is 4.42 Å². The molecule has 2 aromatic heterocycles. The Balaban J connectivity index is 2.10. The van der Waals surface area contributed by atoms with Crippen LogP contribution in [-0.4, -0.2) is 14.4 Å². The summed E-state index contributed by atoms with van der Waals surface area (Å²) in [6.45, 7) is 0. The lowest BCUT2D eigenvalue weighted by Crippen LogP contribution is -2.31. The third kappa shape index (κ3) is 1.64. The second-order valence-corrected chi connectivity index (χ2v) is 5.18. The standard InChI is InChI=1S/C10H5Cl4N3O/c11-8-9(12)18-10(13,17(8)14)7-4-6-5(16-7)2-1-3-15-6/h1-4,16H. The molecule has 0 bridgehead atoms. The topological polar surface area (TPSA) is 41.2 Å². The highest BCUT2D eigenvalue weighted by Crippen LogP contribution is 2.48. The van der Waals surface area contributed by atoms with Gasteiger partial charge in [0.15, 0.2) is 5.16 Å². The summed E-state index contributed by atoms with van der Waals surface area (Å²) >= 11 is 23.9. The minimum atomic E-state index is -1.50. The molecule has 1 N–H and O–H groups in total. The molecule has 0 aliphatic carbocycles. The van der Waals surface area contributed by atoms with E-state index in [4.69, 9.17) is 51.3 Å². The van der Waals surface area contributed by atoms with E-state index in [9.17, 15) is 0 Å². The maximum absolute atomic E-state index is 6.31. The van der Waals surface area contributed by atoms with Crippen LogP contribution in [0.3, 0.4) is 0 Å². The summed E-state index contributed by atoms with van der Waals surface area (Å²) in [5, 5.41) is -1.54. The molecule has 3 rings (SSSR count). The maximum Gasteiger partial charge on any atom is 0.318 e. The molecule has 94 valence electrons. The average Bonchev–Trinajstić information content (AvgIpc) is 2.87. The highest BCUT2D eigenvalue weighted by atomic mass is 35.5. The number of ether oxygens (including phenoxy) is 1. The van der Waals surface area contributed by atoms with Crippen LogP contribution in [0.15, 0.2) is 34.8 Å². The van der Waals surface area contributed by atoms with E-state index in [0.717, 1.165) is 15.5 Å². The maximum atomic E-state index is 6.31. The van der Waals surface area contributed by atoms with E-state index in [2.05, 4.69) is 9.97 Å². The Hall–Kier alpha value is -0.810. The van der Waals surface area contributed by atoms with Crippen molar-refractivity contribution in [3.8, 4) is 0 Å². The van der Waals surface area contributed by atoms with Crippen molar-refractivity contribution in [2.45, 2.75) is 5.18 Å². The first-order valence-corrected chi connectivity index (χ1v) is 6.33. The molecule has 3 heterocycles. The Labute approximate surface area is 122 Å². The van der Waals surface area contributed by atoms with Gasteiger partial charge in [0.25, 0.3) is 0 Å². The molecule has 2 aromatic rings. The molecule has 0 saturated carbocycles. The molecular weight excluding hydrogens is 320 g/mol. The van der Waals surface area contributed by atoms with E-state index in [1.165, 1.54) is 0 Å². The van der Waals surface area contributed by atoms with Crippen molar-refractivity contribution in [1.29, 1.82) is 0 Å². The lowest BCUT2D eigenvalue weighted by atomic mass is 10.3. The summed E-state index contributed by atoms with van der Waals surface area (Å²) in [6, 6.07) is 5.38. The lowest BCUT2D eigenvalue weighted by Gasteiger charge is -2.25. The van der Waals surface area contributed by atoms with Crippen LogP contribution in [0.25, 0.3) is 11.0 Å². The number of aromatic amines is 1. The second kappa shape index (κ2) is 4.10. The van der Waals surface area contributed by atoms with Gasteiger partial charge in [0.2, 0.25) is 5.22 Å². The number of pyridine rings is 1. The van der Waals surface area contributed by atoms with Gasteiger partial charge in [-0.1, -0.05) is 11.6 Å². The third-order valence-corrected chi connectivity index (χ3v) is 4.26. The molecule has 0 fully saturated rings. The summed E-state index contributed by atoms with van der Waals surface area (Å²) < 4.78 is 6.32. The minimum Gasteiger partial charge on any atom is -0.433 e. The monoisotopic (exact) mass is 323 g/mol.